The maximum Gasteiger partial charge on any atom is 0.153 e. The van der Waals surface area contributed by atoms with Gasteiger partial charge in [-0.2, -0.15) is 5.10 Å². The molecule has 0 radical (unpaired) electrons. The quantitative estimate of drug-likeness (QED) is 0.726. The molecule has 0 saturated carbocycles. The Labute approximate surface area is 141 Å². The molecule has 0 aliphatic carbocycles. The minimum Gasteiger partial charge on any atom is -0.353 e. The first-order valence-electron chi connectivity index (χ1n) is 8.37. The van der Waals surface area contributed by atoms with Crippen LogP contribution in [0.15, 0.2) is 67.4 Å². The van der Waals surface area contributed by atoms with Crippen LogP contribution < -0.4 is 0 Å². The number of aromatic nitrogens is 4. The zero-order chi connectivity index (χ0) is 16.2. The van der Waals surface area contributed by atoms with Gasteiger partial charge >= 0.3 is 0 Å². The van der Waals surface area contributed by atoms with Crippen molar-refractivity contribution >= 4 is 5.57 Å². The average Bonchev–Trinajstić information content (AvgIpc) is 3.33. The molecule has 1 aliphatic rings. The van der Waals surface area contributed by atoms with Crippen LogP contribution in [0.25, 0.3) is 11.4 Å². The first-order chi connectivity index (χ1) is 11.9. The molecule has 24 heavy (non-hydrogen) atoms. The van der Waals surface area contributed by atoms with Crippen LogP contribution in [0.4, 0.5) is 0 Å². The summed E-state index contributed by atoms with van der Waals surface area (Å²) in [5.74, 6) is 0.855. The van der Waals surface area contributed by atoms with Crippen LogP contribution in [0.5, 0.6) is 0 Å². The molecule has 0 fully saturated rings. The van der Waals surface area contributed by atoms with Gasteiger partial charge < -0.3 is 4.57 Å². The van der Waals surface area contributed by atoms with E-state index in [1.165, 1.54) is 11.1 Å². The van der Waals surface area contributed by atoms with E-state index in [4.69, 9.17) is 0 Å². The second-order valence-corrected chi connectivity index (χ2v) is 6.06. The number of hydrogen-bond donors (Lipinski definition) is 0. The van der Waals surface area contributed by atoms with Crippen LogP contribution in [-0.4, -0.2) is 43.9 Å². The van der Waals surface area contributed by atoms with Crippen LogP contribution in [0.3, 0.4) is 0 Å². The van der Waals surface area contributed by atoms with Gasteiger partial charge in [-0.1, -0.05) is 12.1 Å². The summed E-state index contributed by atoms with van der Waals surface area (Å²) in [7, 11) is 0. The van der Waals surface area contributed by atoms with Crippen LogP contribution in [-0.2, 0) is 6.54 Å². The number of rotatable bonds is 5. The molecule has 0 N–H and O–H groups in total. The molecule has 4 heterocycles. The van der Waals surface area contributed by atoms with Crippen LogP contribution in [0.1, 0.15) is 12.0 Å². The molecule has 0 spiro atoms. The fourth-order valence-electron chi connectivity index (χ4n) is 3.06. The summed E-state index contributed by atoms with van der Waals surface area (Å²) < 4.78 is 4.07. The first kappa shape index (κ1) is 14.9. The van der Waals surface area contributed by atoms with Crippen molar-refractivity contribution in [3.63, 3.8) is 0 Å². The maximum absolute atomic E-state index is 4.45. The minimum atomic E-state index is 0.855. The predicted molar refractivity (Wildman–Crippen MR) is 94.8 cm³/mol. The maximum atomic E-state index is 4.45. The minimum absolute atomic E-state index is 0.855. The smallest absolute Gasteiger partial charge is 0.153 e. The monoisotopic (exact) mass is 319 g/mol. The van der Waals surface area contributed by atoms with Crippen molar-refractivity contribution < 1.29 is 0 Å². The van der Waals surface area contributed by atoms with Gasteiger partial charge in [0.1, 0.15) is 0 Å². The lowest BCUT2D eigenvalue weighted by molar-refractivity contribution is 0.289. The fourth-order valence-corrected chi connectivity index (χ4v) is 3.06. The highest BCUT2D eigenvalue weighted by Gasteiger charge is 2.14. The molecule has 0 aromatic carbocycles. The van der Waals surface area contributed by atoms with Gasteiger partial charge in [0, 0.05) is 56.5 Å². The topological polar surface area (TPSA) is 38.9 Å². The SMILES string of the molecule is C1=C(c2cnn(-c3ccccn3)c2)CCN(CCn2cccc2)C1. The Kier molecular flexibility index (Phi) is 4.25. The Hall–Kier alpha value is -2.66. The van der Waals surface area contributed by atoms with Crippen molar-refractivity contribution in [1.82, 2.24) is 24.2 Å². The summed E-state index contributed by atoms with van der Waals surface area (Å²) >= 11 is 0. The normalized spacial score (nSPS) is 15.4. The zero-order valence-electron chi connectivity index (χ0n) is 13.6. The second-order valence-electron chi connectivity index (χ2n) is 6.06. The van der Waals surface area contributed by atoms with E-state index in [-0.39, 0.29) is 0 Å². The fraction of sp³-hybridized carbons (Fsp3) is 0.263. The molecule has 5 heteroatoms. The van der Waals surface area contributed by atoms with Gasteiger partial charge in [0.15, 0.2) is 5.82 Å². The van der Waals surface area contributed by atoms with E-state index in [1.54, 1.807) is 6.20 Å². The molecule has 0 saturated heterocycles. The molecule has 0 unspecified atom stereocenters. The summed E-state index contributed by atoms with van der Waals surface area (Å²) in [6, 6.07) is 10.0. The van der Waals surface area contributed by atoms with E-state index in [9.17, 15) is 0 Å². The first-order valence-corrected chi connectivity index (χ1v) is 8.37. The van der Waals surface area contributed by atoms with E-state index < -0.39 is 0 Å². The lowest BCUT2D eigenvalue weighted by Crippen LogP contribution is -2.31. The number of nitrogens with zero attached hydrogens (tertiary/aromatic N) is 5. The molecule has 0 amide bonds. The summed E-state index contributed by atoms with van der Waals surface area (Å²) in [6.45, 7) is 4.24. The van der Waals surface area contributed by atoms with E-state index in [1.807, 2.05) is 29.1 Å². The molecule has 3 aromatic rings. The predicted octanol–water partition coefficient (Wildman–Crippen LogP) is 2.86. The van der Waals surface area contributed by atoms with Crippen molar-refractivity contribution in [2.24, 2.45) is 0 Å². The van der Waals surface area contributed by atoms with Crippen LogP contribution in [0, 0.1) is 0 Å². The highest BCUT2D eigenvalue weighted by atomic mass is 15.3. The molecule has 5 nitrogen and oxygen atoms in total. The van der Waals surface area contributed by atoms with Gasteiger partial charge in [-0.05, 0) is 36.3 Å². The largest absolute Gasteiger partial charge is 0.353 e. The van der Waals surface area contributed by atoms with Crippen molar-refractivity contribution in [2.45, 2.75) is 13.0 Å². The van der Waals surface area contributed by atoms with Crippen molar-refractivity contribution in [1.29, 1.82) is 0 Å². The Morgan fingerprint density at radius 1 is 1.04 bits per heavy atom. The molecule has 4 rings (SSSR count). The molecular formula is C19H21N5. The molecule has 3 aromatic heterocycles. The molecule has 0 atom stereocenters. The average molecular weight is 319 g/mol. The van der Waals surface area contributed by atoms with E-state index in [0.717, 1.165) is 38.4 Å². The van der Waals surface area contributed by atoms with E-state index >= 15 is 0 Å². The van der Waals surface area contributed by atoms with Gasteiger partial charge in [-0.3, -0.25) is 4.90 Å². The highest BCUT2D eigenvalue weighted by Crippen LogP contribution is 2.22. The highest BCUT2D eigenvalue weighted by molar-refractivity contribution is 5.65. The summed E-state index contributed by atoms with van der Waals surface area (Å²) in [5, 5.41) is 4.45. The lowest BCUT2D eigenvalue weighted by Gasteiger charge is -2.26. The molecule has 122 valence electrons. The van der Waals surface area contributed by atoms with Crippen molar-refractivity contribution in [2.75, 3.05) is 19.6 Å². The second kappa shape index (κ2) is 6.84. The van der Waals surface area contributed by atoms with E-state index in [2.05, 4.69) is 56.3 Å². The standard InChI is InChI=1S/C19H21N5/c1-2-8-20-19(5-1)24-16-18(15-21-24)17-6-11-23(12-7-17)14-13-22-9-3-4-10-22/h1-6,8-10,15-16H,7,11-14H2. The van der Waals surface area contributed by atoms with E-state index in [0.29, 0.717) is 0 Å². The zero-order valence-corrected chi connectivity index (χ0v) is 13.6. The van der Waals surface area contributed by atoms with Crippen molar-refractivity contribution in [3.8, 4) is 5.82 Å². The van der Waals surface area contributed by atoms with Crippen molar-refractivity contribution in [3.05, 3.63) is 73.0 Å². The third-order valence-electron chi connectivity index (χ3n) is 4.47. The summed E-state index contributed by atoms with van der Waals surface area (Å²) in [5.41, 5.74) is 2.58. The van der Waals surface area contributed by atoms with Gasteiger partial charge in [-0.15, -0.1) is 0 Å². The third-order valence-corrected chi connectivity index (χ3v) is 4.47. The van der Waals surface area contributed by atoms with Crippen LogP contribution in [0.2, 0.25) is 0 Å². The number of hydrogen-bond acceptors (Lipinski definition) is 3. The Balaban J connectivity index is 1.38. The Morgan fingerprint density at radius 3 is 2.71 bits per heavy atom. The molecule has 0 bridgehead atoms. The molecular weight excluding hydrogens is 298 g/mol. The van der Waals surface area contributed by atoms with Gasteiger partial charge in [0.2, 0.25) is 0 Å². The number of pyridine rings is 1. The van der Waals surface area contributed by atoms with Gasteiger partial charge in [-0.25, -0.2) is 9.67 Å². The Morgan fingerprint density at radius 2 is 1.96 bits per heavy atom. The lowest BCUT2D eigenvalue weighted by atomic mass is 10.0. The van der Waals surface area contributed by atoms with Crippen LogP contribution >= 0.6 is 0 Å². The Bertz CT molecular complexity index is 801. The summed E-state index contributed by atoms with van der Waals surface area (Å²) in [4.78, 5) is 6.83. The molecule has 1 aliphatic heterocycles. The van der Waals surface area contributed by atoms with Gasteiger partial charge in [0.05, 0.1) is 6.20 Å². The van der Waals surface area contributed by atoms with Gasteiger partial charge in [0.25, 0.3) is 0 Å². The third kappa shape index (κ3) is 3.31. The summed E-state index contributed by atoms with van der Waals surface area (Å²) in [6.07, 6.45) is 13.5.